The highest BCUT2D eigenvalue weighted by Gasteiger charge is 2.25. The first kappa shape index (κ1) is 18.7. The van der Waals surface area contributed by atoms with E-state index in [0.29, 0.717) is 16.9 Å². The van der Waals surface area contributed by atoms with Gasteiger partial charge in [0.25, 0.3) is 0 Å². The number of fused-ring (bicyclic) bond motifs is 1. The highest BCUT2D eigenvalue weighted by atomic mass is 32.2. The standard InChI is InChI=1S/C21H16N4O3S/c1-14-8-10-16(11-9-14)29(26,27)28-19-17-13-23-20(15-6-4-3-5-7-15)24-21(17)25(2)18(19)12-22/h3-11,13H,1-2H3. The van der Waals surface area contributed by atoms with Gasteiger partial charge in [0.15, 0.2) is 17.3 Å². The summed E-state index contributed by atoms with van der Waals surface area (Å²) in [6, 6.07) is 17.7. The zero-order chi connectivity index (χ0) is 20.6. The fourth-order valence-electron chi connectivity index (χ4n) is 2.97. The Morgan fingerprint density at radius 2 is 1.76 bits per heavy atom. The molecule has 2 heterocycles. The summed E-state index contributed by atoms with van der Waals surface area (Å²) in [5.41, 5.74) is 2.19. The Kier molecular flexibility index (Phi) is 4.53. The summed E-state index contributed by atoms with van der Waals surface area (Å²) in [7, 11) is -2.49. The van der Waals surface area contributed by atoms with E-state index in [2.05, 4.69) is 9.97 Å². The van der Waals surface area contributed by atoms with Crippen molar-refractivity contribution in [3.8, 4) is 23.2 Å². The molecule has 0 radical (unpaired) electrons. The van der Waals surface area contributed by atoms with Gasteiger partial charge < -0.3 is 8.75 Å². The van der Waals surface area contributed by atoms with Crippen molar-refractivity contribution in [3.63, 3.8) is 0 Å². The lowest BCUT2D eigenvalue weighted by molar-refractivity contribution is 0.487. The molecule has 0 saturated carbocycles. The van der Waals surface area contributed by atoms with Crippen molar-refractivity contribution < 1.29 is 12.6 Å². The number of benzene rings is 2. The first-order valence-electron chi connectivity index (χ1n) is 8.73. The second-order valence-corrected chi connectivity index (χ2v) is 8.04. The minimum atomic E-state index is -4.12. The Hall–Kier alpha value is -3.70. The second kappa shape index (κ2) is 7.04. The first-order chi connectivity index (χ1) is 13.9. The largest absolute Gasteiger partial charge is 0.375 e. The number of nitrogens with zero attached hydrogens (tertiary/aromatic N) is 4. The third kappa shape index (κ3) is 3.32. The number of aryl methyl sites for hydroxylation is 2. The van der Waals surface area contributed by atoms with E-state index >= 15 is 0 Å². The van der Waals surface area contributed by atoms with Crippen molar-refractivity contribution in [2.75, 3.05) is 0 Å². The van der Waals surface area contributed by atoms with Crippen molar-refractivity contribution in [3.05, 3.63) is 72.1 Å². The fourth-order valence-corrected chi connectivity index (χ4v) is 3.93. The zero-order valence-corrected chi connectivity index (χ0v) is 16.5. The van der Waals surface area contributed by atoms with Gasteiger partial charge in [0.1, 0.15) is 16.6 Å². The Morgan fingerprint density at radius 3 is 2.41 bits per heavy atom. The molecule has 2 aromatic heterocycles. The number of rotatable bonds is 4. The highest BCUT2D eigenvalue weighted by molar-refractivity contribution is 7.87. The molecule has 2 aromatic carbocycles. The van der Waals surface area contributed by atoms with E-state index in [0.717, 1.165) is 11.1 Å². The van der Waals surface area contributed by atoms with E-state index in [-0.39, 0.29) is 16.3 Å². The van der Waals surface area contributed by atoms with Crippen LogP contribution in [0.5, 0.6) is 5.75 Å². The minimum absolute atomic E-state index is 0.00539. The van der Waals surface area contributed by atoms with Crippen LogP contribution in [0.4, 0.5) is 0 Å². The number of aromatic nitrogens is 3. The molecule has 8 heteroatoms. The van der Waals surface area contributed by atoms with Crippen LogP contribution in [0.1, 0.15) is 11.3 Å². The smallest absolute Gasteiger partial charge is 0.339 e. The minimum Gasteiger partial charge on any atom is -0.375 e. The molecule has 0 spiro atoms. The van der Waals surface area contributed by atoms with E-state index in [9.17, 15) is 13.7 Å². The van der Waals surface area contributed by atoms with Crippen LogP contribution in [-0.4, -0.2) is 23.0 Å². The molecule has 0 N–H and O–H groups in total. The SMILES string of the molecule is Cc1ccc(S(=O)(=O)Oc2c(C#N)n(C)c3nc(-c4ccccc4)ncc23)cc1. The molecule has 0 aliphatic heterocycles. The van der Waals surface area contributed by atoms with Crippen LogP contribution in [0.3, 0.4) is 0 Å². The van der Waals surface area contributed by atoms with E-state index in [1.807, 2.05) is 43.3 Å². The van der Waals surface area contributed by atoms with Gasteiger partial charge >= 0.3 is 10.1 Å². The lowest BCUT2D eigenvalue weighted by Crippen LogP contribution is -2.10. The van der Waals surface area contributed by atoms with Gasteiger partial charge in [-0.05, 0) is 19.1 Å². The van der Waals surface area contributed by atoms with Crippen molar-refractivity contribution in [2.45, 2.75) is 11.8 Å². The van der Waals surface area contributed by atoms with Gasteiger partial charge in [-0.15, -0.1) is 0 Å². The number of nitriles is 1. The topological polar surface area (TPSA) is 97.9 Å². The Labute approximate surface area is 168 Å². The van der Waals surface area contributed by atoms with Gasteiger partial charge in [-0.2, -0.15) is 13.7 Å². The normalized spacial score (nSPS) is 11.3. The maximum absolute atomic E-state index is 12.7. The molecule has 0 bridgehead atoms. The average molecular weight is 404 g/mol. The first-order valence-corrected chi connectivity index (χ1v) is 10.1. The molecule has 4 aromatic rings. The van der Waals surface area contributed by atoms with Crippen LogP contribution in [0.15, 0.2) is 65.7 Å². The van der Waals surface area contributed by atoms with Crippen molar-refractivity contribution >= 4 is 21.2 Å². The van der Waals surface area contributed by atoms with Crippen LogP contribution in [-0.2, 0) is 17.2 Å². The van der Waals surface area contributed by atoms with Crippen LogP contribution < -0.4 is 4.18 Å². The predicted octanol–water partition coefficient (Wildman–Crippen LogP) is 3.58. The van der Waals surface area contributed by atoms with Crippen LogP contribution in [0.2, 0.25) is 0 Å². The molecule has 0 amide bonds. The molecular formula is C21H16N4O3S. The maximum atomic E-state index is 12.7. The van der Waals surface area contributed by atoms with Gasteiger partial charge in [-0.1, -0.05) is 48.0 Å². The molecule has 0 atom stereocenters. The van der Waals surface area contributed by atoms with E-state index in [4.69, 9.17) is 4.18 Å². The molecule has 29 heavy (non-hydrogen) atoms. The zero-order valence-electron chi connectivity index (χ0n) is 15.7. The highest BCUT2D eigenvalue weighted by Crippen LogP contribution is 2.34. The van der Waals surface area contributed by atoms with Gasteiger partial charge in [-0.3, -0.25) is 0 Å². The van der Waals surface area contributed by atoms with Gasteiger partial charge in [0, 0.05) is 18.8 Å². The monoisotopic (exact) mass is 404 g/mol. The number of hydrogen-bond acceptors (Lipinski definition) is 6. The summed E-state index contributed by atoms with van der Waals surface area (Å²) in [5, 5.41) is 9.94. The van der Waals surface area contributed by atoms with Crippen LogP contribution in [0.25, 0.3) is 22.4 Å². The van der Waals surface area contributed by atoms with Crippen molar-refractivity contribution in [1.29, 1.82) is 5.26 Å². The third-order valence-corrected chi connectivity index (χ3v) is 5.76. The Bertz CT molecular complexity index is 1350. The van der Waals surface area contributed by atoms with Gasteiger partial charge in [0.05, 0.1) is 5.39 Å². The second-order valence-electron chi connectivity index (χ2n) is 6.50. The van der Waals surface area contributed by atoms with Gasteiger partial charge in [0.2, 0.25) is 0 Å². The molecule has 7 nitrogen and oxygen atoms in total. The van der Waals surface area contributed by atoms with Crippen LogP contribution in [0, 0.1) is 18.3 Å². The fraction of sp³-hybridized carbons (Fsp3) is 0.0952. The maximum Gasteiger partial charge on any atom is 0.339 e. The molecule has 4 rings (SSSR count). The predicted molar refractivity (Wildman–Crippen MR) is 108 cm³/mol. The lowest BCUT2D eigenvalue weighted by Gasteiger charge is -2.07. The lowest BCUT2D eigenvalue weighted by atomic mass is 10.2. The number of hydrogen-bond donors (Lipinski definition) is 0. The molecule has 144 valence electrons. The summed E-state index contributed by atoms with van der Waals surface area (Å²) < 4.78 is 32.4. The molecule has 0 unspecified atom stereocenters. The summed E-state index contributed by atoms with van der Waals surface area (Å²) in [6.45, 7) is 1.86. The van der Waals surface area contributed by atoms with E-state index < -0.39 is 10.1 Å². The van der Waals surface area contributed by atoms with Crippen molar-refractivity contribution in [1.82, 2.24) is 14.5 Å². The Morgan fingerprint density at radius 1 is 1.07 bits per heavy atom. The summed E-state index contributed by atoms with van der Waals surface area (Å²) in [6.07, 6.45) is 1.48. The average Bonchev–Trinajstić information content (AvgIpc) is 2.99. The van der Waals surface area contributed by atoms with E-state index in [1.165, 1.54) is 22.9 Å². The third-order valence-electron chi connectivity index (χ3n) is 4.52. The summed E-state index contributed by atoms with van der Waals surface area (Å²) >= 11 is 0. The van der Waals surface area contributed by atoms with Gasteiger partial charge in [-0.25, -0.2) is 9.97 Å². The molecule has 0 fully saturated rings. The summed E-state index contributed by atoms with van der Waals surface area (Å²) in [4.78, 5) is 8.85. The molecular weight excluding hydrogens is 388 g/mol. The van der Waals surface area contributed by atoms with Crippen molar-refractivity contribution in [2.24, 2.45) is 7.05 Å². The summed E-state index contributed by atoms with van der Waals surface area (Å²) in [5.74, 6) is 0.390. The molecule has 0 saturated heterocycles. The van der Waals surface area contributed by atoms with E-state index in [1.54, 1.807) is 19.2 Å². The molecule has 0 aliphatic rings. The van der Waals surface area contributed by atoms with Crippen LogP contribution >= 0.6 is 0 Å². The Balaban J connectivity index is 1.84. The molecule has 0 aliphatic carbocycles. The quantitative estimate of drug-likeness (QED) is 0.482.